The number of nitrogens with one attached hydrogen (secondary N) is 1. The Morgan fingerprint density at radius 1 is 1.12 bits per heavy atom. The van der Waals surface area contributed by atoms with Gasteiger partial charge in [0.15, 0.2) is 11.3 Å². The van der Waals surface area contributed by atoms with Crippen LogP contribution >= 0.6 is 0 Å². The van der Waals surface area contributed by atoms with Crippen LogP contribution in [0.3, 0.4) is 0 Å². The second kappa shape index (κ2) is 6.11. The molecule has 3 aromatic rings. The molecule has 1 fully saturated rings. The lowest BCUT2D eigenvalue weighted by Gasteiger charge is -2.20. The summed E-state index contributed by atoms with van der Waals surface area (Å²) in [5.41, 5.74) is 0.676. The molecular weight excluding hydrogens is 332 g/mol. The third-order valence-corrected chi connectivity index (χ3v) is 4.39. The zero-order valence-electron chi connectivity index (χ0n) is 14.0. The smallest absolute Gasteiger partial charge is 0.325 e. The van der Waals surface area contributed by atoms with E-state index in [9.17, 15) is 9.59 Å². The summed E-state index contributed by atoms with van der Waals surface area (Å²) in [7, 11) is 0. The van der Waals surface area contributed by atoms with Crippen LogP contribution in [0.5, 0.6) is 0 Å². The Morgan fingerprint density at radius 2 is 1.88 bits per heavy atom. The monoisotopic (exact) mass is 348 g/mol. The number of nitrogens with zero attached hydrogens (tertiary/aromatic N) is 3. The van der Waals surface area contributed by atoms with Crippen molar-refractivity contribution in [1.29, 1.82) is 0 Å². The summed E-state index contributed by atoms with van der Waals surface area (Å²) >= 11 is 0. The van der Waals surface area contributed by atoms with Crippen LogP contribution in [0.1, 0.15) is 18.3 Å². The highest BCUT2D eigenvalue weighted by atomic mass is 16.5. The van der Waals surface area contributed by atoms with Crippen LogP contribution in [0, 0.1) is 0 Å². The number of hydrogen-bond donors (Lipinski definition) is 1. The molecule has 1 saturated heterocycles. The lowest BCUT2D eigenvalue weighted by Crippen LogP contribution is -2.41. The van der Waals surface area contributed by atoms with Crippen molar-refractivity contribution in [2.45, 2.75) is 19.0 Å². The van der Waals surface area contributed by atoms with Crippen molar-refractivity contribution in [3.05, 3.63) is 72.2 Å². The van der Waals surface area contributed by atoms with Gasteiger partial charge in [0.05, 0.1) is 12.2 Å². The van der Waals surface area contributed by atoms with Gasteiger partial charge in [0.1, 0.15) is 5.69 Å². The van der Waals surface area contributed by atoms with E-state index in [1.54, 1.807) is 37.4 Å². The molecule has 0 bridgehead atoms. The van der Waals surface area contributed by atoms with Gasteiger partial charge in [-0.1, -0.05) is 41.6 Å². The predicted octanol–water partition coefficient (Wildman–Crippen LogP) is 2.70. The maximum Gasteiger partial charge on any atom is 0.325 e. The molecule has 1 N–H and O–H groups in total. The molecule has 3 amide bonds. The number of pyridine rings is 1. The van der Waals surface area contributed by atoms with E-state index in [1.807, 2.05) is 30.3 Å². The molecule has 2 aromatic heterocycles. The van der Waals surface area contributed by atoms with Crippen molar-refractivity contribution >= 4 is 11.9 Å². The molecule has 0 radical (unpaired) electrons. The van der Waals surface area contributed by atoms with Gasteiger partial charge in [-0.25, -0.2) is 4.79 Å². The Kier molecular flexibility index (Phi) is 3.76. The number of benzene rings is 1. The molecule has 1 aromatic carbocycles. The van der Waals surface area contributed by atoms with Gasteiger partial charge < -0.3 is 9.84 Å². The average molecular weight is 348 g/mol. The number of amides is 3. The summed E-state index contributed by atoms with van der Waals surface area (Å²) in [6.07, 6.45) is 1.59. The van der Waals surface area contributed by atoms with E-state index < -0.39 is 11.6 Å². The fraction of sp³-hybridized carbons (Fsp3) is 0.158. The predicted molar refractivity (Wildman–Crippen MR) is 92.6 cm³/mol. The standard InChI is InChI=1S/C19H16N4O3/c1-19(16-9-5-6-10-20-16)17(24)23(18(25)21-19)12-14-11-15(26-22-14)13-7-3-2-4-8-13/h2-11H,12H2,1H3,(H,21,25). The zero-order chi connectivity index (χ0) is 18.1. The number of imide groups is 1. The van der Waals surface area contributed by atoms with Crippen molar-refractivity contribution in [3.63, 3.8) is 0 Å². The van der Waals surface area contributed by atoms with E-state index in [2.05, 4.69) is 15.5 Å². The largest absolute Gasteiger partial charge is 0.356 e. The molecule has 1 atom stereocenters. The first-order valence-corrected chi connectivity index (χ1v) is 8.14. The Balaban J connectivity index is 1.57. The summed E-state index contributed by atoms with van der Waals surface area (Å²) in [4.78, 5) is 30.6. The van der Waals surface area contributed by atoms with Gasteiger partial charge in [0.2, 0.25) is 0 Å². The first-order chi connectivity index (χ1) is 12.6. The van der Waals surface area contributed by atoms with Crippen LogP contribution in [0.15, 0.2) is 65.3 Å². The van der Waals surface area contributed by atoms with Crippen LogP contribution in [0.4, 0.5) is 4.79 Å². The van der Waals surface area contributed by atoms with Crippen LogP contribution in [0.25, 0.3) is 11.3 Å². The lowest BCUT2D eigenvalue weighted by molar-refractivity contribution is -0.131. The van der Waals surface area contributed by atoms with Gasteiger partial charge in [-0.05, 0) is 19.1 Å². The molecule has 1 aliphatic heterocycles. The van der Waals surface area contributed by atoms with Crippen molar-refractivity contribution in [2.75, 3.05) is 0 Å². The highest BCUT2D eigenvalue weighted by molar-refractivity contribution is 6.06. The molecule has 1 aliphatic rings. The summed E-state index contributed by atoms with van der Waals surface area (Å²) in [6, 6.07) is 16.0. The van der Waals surface area contributed by atoms with Gasteiger partial charge in [-0.2, -0.15) is 0 Å². The van der Waals surface area contributed by atoms with E-state index in [4.69, 9.17) is 4.52 Å². The minimum atomic E-state index is -1.19. The molecule has 0 aliphatic carbocycles. The normalized spacial score (nSPS) is 19.7. The van der Waals surface area contributed by atoms with Gasteiger partial charge in [0, 0.05) is 17.8 Å². The molecule has 0 saturated carbocycles. The molecular formula is C19H16N4O3. The topological polar surface area (TPSA) is 88.3 Å². The van der Waals surface area contributed by atoms with Gasteiger partial charge in [-0.15, -0.1) is 0 Å². The average Bonchev–Trinajstić information content (AvgIpc) is 3.23. The van der Waals surface area contributed by atoms with Gasteiger partial charge >= 0.3 is 6.03 Å². The quantitative estimate of drug-likeness (QED) is 0.732. The number of rotatable bonds is 4. The highest BCUT2D eigenvalue weighted by Gasteiger charge is 2.50. The Labute approximate surface area is 149 Å². The Bertz CT molecular complexity index is 955. The maximum atomic E-state index is 12.9. The summed E-state index contributed by atoms with van der Waals surface area (Å²) in [5, 5.41) is 6.70. The Hall–Kier alpha value is -3.48. The summed E-state index contributed by atoms with van der Waals surface area (Å²) in [6.45, 7) is 1.68. The second-order valence-electron chi connectivity index (χ2n) is 6.21. The Morgan fingerprint density at radius 3 is 2.62 bits per heavy atom. The first kappa shape index (κ1) is 16.0. The summed E-state index contributed by atoms with van der Waals surface area (Å²) in [5.74, 6) is 0.214. The second-order valence-corrected chi connectivity index (χ2v) is 6.21. The van der Waals surface area contributed by atoms with E-state index >= 15 is 0 Å². The van der Waals surface area contributed by atoms with Crippen LogP contribution in [-0.4, -0.2) is 27.0 Å². The molecule has 0 spiro atoms. The van der Waals surface area contributed by atoms with Crippen molar-refractivity contribution in [2.24, 2.45) is 0 Å². The minimum Gasteiger partial charge on any atom is -0.356 e. The molecule has 7 heteroatoms. The molecule has 4 rings (SSSR count). The number of hydrogen-bond acceptors (Lipinski definition) is 5. The van der Waals surface area contributed by atoms with Gasteiger partial charge in [-0.3, -0.25) is 14.7 Å². The van der Waals surface area contributed by atoms with E-state index in [0.29, 0.717) is 17.1 Å². The van der Waals surface area contributed by atoms with E-state index in [0.717, 1.165) is 10.5 Å². The fourth-order valence-corrected chi connectivity index (χ4v) is 2.96. The third kappa shape index (κ3) is 2.63. The van der Waals surface area contributed by atoms with E-state index in [-0.39, 0.29) is 12.5 Å². The third-order valence-electron chi connectivity index (χ3n) is 4.39. The summed E-state index contributed by atoms with van der Waals surface area (Å²) < 4.78 is 5.34. The first-order valence-electron chi connectivity index (χ1n) is 8.14. The van der Waals surface area contributed by atoms with Crippen molar-refractivity contribution < 1.29 is 14.1 Å². The number of carbonyl (C=O) groups excluding carboxylic acids is 2. The SMILES string of the molecule is CC1(c2ccccn2)NC(=O)N(Cc2cc(-c3ccccc3)on2)C1=O. The molecule has 1 unspecified atom stereocenters. The van der Waals surface area contributed by atoms with Gasteiger partial charge in [0.25, 0.3) is 5.91 Å². The molecule has 3 heterocycles. The lowest BCUT2D eigenvalue weighted by atomic mass is 9.97. The zero-order valence-corrected chi connectivity index (χ0v) is 14.0. The number of aromatic nitrogens is 2. The van der Waals surface area contributed by atoms with E-state index in [1.165, 1.54) is 0 Å². The van der Waals surface area contributed by atoms with Crippen molar-refractivity contribution in [3.8, 4) is 11.3 Å². The van der Waals surface area contributed by atoms with Crippen LogP contribution in [-0.2, 0) is 16.9 Å². The maximum absolute atomic E-state index is 12.9. The molecule has 26 heavy (non-hydrogen) atoms. The fourth-order valence-electron chi connectivity index (χ4n) is 2.96. The van der Waals surface area contributed by atoms with Crippen LogP contribution < -0.4 is 5.32 Å². The number of urea groups is 1. The van der Waals surface area contributed by atoms with Crippen LogP contribution in [0.2, 0.25) is 0 Å². The molecule has 7 nitrogen and oxygen atoms in total. The minimum absolute atomic E-state index is 0.0312. The molecule has 130 valence electrons. The van der Waals surface area contributed by atoms with Crippen molar-refractivity contribution in [1.82, 2.24) is 20.4 Å². The number of carbonyl (C=O) groups is 2. The highest BCUT2D eigenvalue weighted by Crippen LogP contribution is 2.29.